The Bertz CT molecular complexity index is 1990. The van der Waals surface area contributed by atoms with Gasteiger partial charge in [0.15, 0.2) is 0 Å². The Hall–Kier alpha value is -7.32. The van der Waals surface area contributed by atoms with Crippen LogP contribution in [-0.4, -0.2) is 31.9 Å². The maximum atomic E-state index is 13.7. The van der Waals surface area contributed by atoms with Crippen molar-refractivity contribution in [3.63, 3.8) is 0 Å². The average Bonchev–Trinajstić information content (AvgIpc) is 2.99. The lowest BCUT2D eigenvalue weighted by atomic mass is 10.1. The van der Waals surface area contributed by atoms with Crippen LogP contribution in [0.1, 0.15) is 16.7 Å². The third-order valence-corrected chi connectivity index (χ3v) is 5.72. The van der Waals surface area contributed by atoms with Gasteiger partial charge in [0.25, 0.3) is 0 Å². The summed E-state index contributed by atoms with van der Waals surface area (Å²) in [6, 6.07) is 15.6. The fraction of sp³-hybridized carbons (Fsp3) is 0. The van der Waals surface area contributed by atoms with Crippen LogP contribution < -0.4 is 17.1 Å². The standard InChI is InChI=1S/C27H9N9O6/c28-10-16-7-19(1-4-22(16)31-13-37)34-25(40)35(20-2-5-23(32-14-38)17(8-20)11-29)27(42)36(26(34)41)21-3-6-24(33-15-39)18(9-21)12-30/h1-9H. The predicted octanol–water partition coefficient (Wildman–Crippen LogP) is 1.66. The summed E-state index contributed by atoms with van der Waals surface area (Å²) >= 11 is 0. The van der Waals surface area contributed by atoms with Crippen LogP contribution in [0.2, 0.25) is 0 Å². The van der Waals surface area contributed by atoms with E-state index in [-0.39, 0.29) is 50.8 Å². The molecule has 0 amide bonds. The van der Waals surface area contributed by atoms with Gasteiger partial charge in [0.2, 0.25) is 18.2 Å². The normalized spacial score (nSPS) is 9.64. The van der Waals surface area contributed by atoms with E-state index in [1.165, 1.54) is 54.6 Å². The summed E-state index contributed by atoms with van der Waals surface area (Å²) < 4.78 is 1.59. The number of aromatic nitrogens is 3. The zero-order chi connectivity index (χ0) is 30.4. The van der Waals surface area contributed by atoms with Gasteiger partial charge >= 0.3 is 17.1 Å². The van der Waals surface area contributed by atoms with Crippen molar-refractivity contribution in [3.05, 3.63) is 103 Å². The lowest BCUT2D eigenvalue weighted by Crippen LogP contribution is -2.52. The highest BCUT2D eigenvalue weighted by Crippen LogP contribution is 2.23. The quantitative estimate of drug-likeness (QED) is 0.248. The second kappa shape index (κ2) is 11.6. The number of aliphatic imine (C=N–C) groups is 3. The van der Waals surface area contributed by atoms with E-state index in [2.05, 4.69) is 15.0 Å². The lowest BCUT2D eigenvalue weighted by molar-refractivity contribution is 0.564. The molecule has 4 aromatic rings. The van der Waals surface area contributed by atoms with Crippen LogP contribution in [0, 0.1) is 34.0 Å². The molecule has 0 saturated heterocycles. The number of rotatable bonds is 6. The molecule has 0 aliphatic rings. The van der Waals surface area contributed by atoms with E-state index >= 15 is 0 Å². The molecule has 4 rings (SSSR count). The molecule has 42 heavy (non-hydrogen) atoms. The highest BCUT2D eigenvalue weighted by atomic mass is 16.2. The van der Waals surface area contributed by atoms with Crippen LogP contribution in [0.3, 0.4) is 0 Å². The molecule has 0 aliphatic heterocycles. The Balaban J connectivity index is 2.19. The van der Waals surface area contributed by atoms with E-state index in [4.69, 9.17) is 0 Å². The maximum Gasteiger partial charge on any atom is 0.345 e. The summed E-state index contributed by atoms with van der Waals surface area (Å²) in [6.45, 7) is 0. The molecule has 1 aromatic heterocycles. The van der Waals surface area contributed by atoms with E-state index in [1.807, 2.05) is 0 Å². The summed E-state index contributed by atoms with van der Waals surface area (Å²) in [5.41, 5.74) is -5.25. The molecule has 0 aliphatic carbocycles. The third-order valence-electron chi connectivity index (χ3n) is 5.72. The van der Waals surface area contributed by atoms with Crippen molar-refractivity contribution in [3.8, 4) is 35.3 Å². The summed E-state index contributed by atoms with van der Waals surface area (Å²) in [5.74, 6) is 0. The molecule has 0 N–H and O–H groups in total. The van der Waals surface area contributed by atoms with Crippen LogP contribution in [0.5, 0.6) is 0 Å². The number of benzene rings is 3. The van der Waals surface area contributed by atoms with Gasteiger partial charge < -0.3 is 0 Å². The molecule has 3 aromatic carbocycles. The van der Waals surface area contributed by atoms with Crippen LogP contribution in [0.4, 0.5) is 17.1 Å². The van der Waals surface area contributed by atoms with Crippen molar-refractivity contribution in [2.45, 2.75) is 0 Å². The summed E-state index contributed by atoms with van der Waals surface area (Å²) in [4.78, 5) is 83.6. The first-order valence-electron chi connectivity index (χ1n) is 11.2. The van der Waals surface area contributed by atoms with Crippen molar-refractivity contribution in [2.75, 3.05) is 0 Å². The van der Waals surface area contributed by atoms with E-state index in [1.54, 1.807) is 18.2 Å². The number of nitrogens with zero attached hydrogens (tertiary/aromatic N) is 9. The first kappa shape index (κ1) is 27.7. The van der Waals surface area contributed by atoms with Crippen molar-refractivity contribution in [1.82, 2.24) is 13.7 Å². The minimum atomic E-state index is -1.23. The average molecular weight is 555 g/mol. The topological polar surface area (TPSA) is 226 Å². The van der Waals surface area contributed by atoms with Crippen molar-refractivity contribution < 1.29 is 14.4 Å². The zero-order valence-electron chi connectivity index (χ0n) is 20.7. The monoisotopic (exact) mass is 555 g/mol. The fourth-order valence-corrected chi connectivity index (χ4v) is 3.91. The summed E-state index contributed by atoms with van der Waals surface area (Å²) in [7, 11) is 0. The minimum Gasteiger partial charge on any atom is -0.246 e. The molecule has 15 nitrogen and oxygen atoms in total. The second-order valence-corrected chi connectivity index (χ2v) is 7.90. The van der Waals surface area contributed by atoms with Crippen LogP contribution >= 0.6 is 0 Å². The molecule has 0 bridgehead atoms. The fourth-order valence-electron chi connectivity index (χ4n) is 3.91. The molecule has 0 atom stereocenters. The van der Waals surface area contributed by atoms with Crippen LogP contribution in [0.25, 0.3) is 17.1 Å². The molecule has 0 unspecified atom stereocenters. The van der Waals surface area contributed by atoms with Gasteiger partial charge in [-0.2, -0.15) is 30.8 Å². The van der Waals surface area contributed by atoms with Crippen molar-refractivity contribution >= 4 is 35.3 Å². The van der Waals surface area contributed by atoms with E-state index < -0.39 is 17.1 Å². The van der Waals surface area contributed by atoms with E-state index in [0.717, 1.165) is 18.2 Å². The first-order valence-corrected chi connectivity index (χ1v) is 11.2. The first-order chi connectivity index (χ1) is 20.3. The van der Waals surface area contributed by atoms with Crippen molar-refractivity contribution in [1.29, 1.82) is 15.8 Å². The van der Waals surface area contributed by atoms with Crippen molar-refractivity contribution in [2.24, 2.45) is 15.0 Å². The highest BCUT2D eigenvalue weighted by Gasteiger charge is 2.21. The Morgan fingerprint density at radius 1 is 0.476 bits per heavy atom. The SMILES string of the molecule is N#Cc1cc(-n2c(=O)n(-c3ccc(N=C=O)c(C#N)c3)c(=O)n(-c3ccc(N=C=O)c(C#N)c3)c2=O)ccc1N=C=O. The number of hydrogen-bond donors (Lipinski definition) is 0. The second-order valence-electron chi connectivity index (χ2n) is 7.90. The number of nitriles is 3. The molecular formula is C27H9N9O6. The van der Waals surface area contributed by atoms with Gasteiger partial charge in [0.1, 0.15) is 18.2 Å². The van der Waals surface area contributed by atoms with Gasteiger partial charge in [-0.1, -0.05) is 0 Å². The predicted molar refractivity (Wildman–Crippen MR) is 141 cm³/mol. The number of carbonyl (C=O) groups excluding carboxylic acids is 3. The number of hydrogen-bond acceptors (Lipinski definition) is 12. The van der Waals surface area contributed by atoms with Gasteiger partial charge in [-0.05, 0) is 54.6 Å². The Morgan fingerprint density at radius 2 is 0.738 bits per heavy atom. The minimum absolute atomic E-state index is 0.104. The molecule has 0 spiro atoms. The molecule has 0 saturated carbocycles. The van der Waals surface area contributed by atoms with Crippen LogP contribution in [0.15, 0.2) is 84.0 Å². The molecular weight excluding hydrogens is 546 g/mol. The van der Waals surface area contributed by atoms with E-state index in [9.17, 15) is 44.6 Å². The zero-order valence-corrected chi connectivity index (χ0v) is 20.7. The van der Waals surface area contributed by atoms with Gasteiger partial charge in [0, 0.05) is 0 Å². The molecule has 0 fully saturated rings. The molecule has 15 heteroatoms. The number of isocyanates is 3. The maximum absolute atomic E-state index is 13.7. The molecule has 0 radical (unpaired) electrons. The summed E-state index contributed by atoms with van der Waals surface area (Å²) in [6.07, 6.45) is 3.86. The van der Waals surface area contributed by atoms with Crippen LogP contribution in [-0.2, 0) is 14.4 Å². The Labute approximate surface area is 232 Å². The smallest absolute Gasteiger partial charge is 0.246 e. The third kappa shape index (κ3) is 4.80. The lowest BCUT2D eigenvalue weighted by Gasteiger charge is -2.15. The Kier molecular flexibility index (Phi) is 7.65. The largest absolute Gasteiger partial charge is 0.345 e. The molecule has 1 heterocycles. The van der Waals surface area contributed by atoms with Gasteiger partial charge in [-0.25, -0.2) is 42.5 Å². The van der Waals surface area contributed by atoms with E-state index in [0.29, 0.717) is 13.7 Å². The Morgan fingerprint density at radius 3 is 0.952 bits per heavy atom. The van der Waals surface area contributed by atoms with Gasteiger partial charge in [-0.3, -0.25) is 0 Å². The highest BCUT2D eigenvalue weighted by molar-refractivity contribution is 5.64. The summed E-state index contributed by atoms with van der Waals surface area (Å²) in [5, 5.41) is 28.6. The van der Waals surface area contributed by atoms with Gasteiger partial charge in [0.05, 0.1) is 50.8 Å². The molecule has 198 valence electrons. The van der Waals surface area contributed by atoms with Gasteiger partial charge in [-0.15, -0.1) is 0 Å².